The molecule has 0 saturated carbocycles. The van der Waals surface area contributed by atoms with Gasteiger partial charge >= 0.3 is 0 Å². The van der Waals surface area contributed by atoms with E-state index >= 15 is 0 Å². The molecular formula is C20H23ClFN5O3S2. The molecule has 0 bridgehead atoms. The van der Waals surface area contributed by atoms with Gasteiger partial charge in [-0.3, -0.25) is 9.48 Å². The summed E-state index contributed by atoms with van der Waals surface area (Å²) in [5.41, 5.74) is 1.27. The summed E-state index contributed by atoms with van der Waals surface area (Å²) in [7, 11) is -0.661. The number of thioether (sulfide) groups is 1. The topological polar surface area (TPSA) is 96.3 Å². The number of nitrogens with one attached hydrogen (secondary N) is 2. The Morgan fingerprint density at radius 3 is 2.78 bits per heavy atom. The molecule has 32 heavy (non-hydrogen) atoms. The number of benzene rings is 1. The maximum absolute atomic E-state index is 13.4. The number of amides is 1. The lowest BCUT2D eigenvalue weighted by Gasteiger charge is -2.39. The summed E-state index contributed by atoms with van der Waals surface area (Å²) in [5.74, 6) is -1.01. The third kappa shape index (κ3) is 4.58. The number of nitrogens with zero attached hydrogens (tertiary/aromatic N) is 3. The van der Waals surface area contributed by atoms with Gasteiger partial charge in [0.2, 0.25) is 5.91 Å². The summed E-state index contributed by atoms with van der Waals surface area (Å²) < 4.78 is 44.5. The van der Waals surface area contributed by atoms with Crippen molar-refractivity contribution in [2.45, 2.75) is 30.7 Å². The van der Waals surface area contributed by atoms with Gasteiger partial charge in [-0.05, 0) is 30.5 Å². The molecule has 0 radical (unpaired) electrons. The molecule has 2 aliphatic heterocycles. The molecule has 2 aliphatic rings. The van der Waals surface area contributed by atoms with E-state index < -0.39 is 34.0 Å². The van der Waals surface area contributed by atoms with E-state index in [0.717, 1.165) is 20.8 Å². The minimum atomic E-state index is -3.87. The number of anilines is 1. The molecule has 3 heterocycles. The maximum Gasteiger partial charge on any atom is 0.280 e. The van der Waals surface area contributed by atoms with Gasteiger partial charge < -0.3 is 5.32 Å². The van der Waals surface area contributed by atoms with Crippen LogP contribution in [0.15, 0.2) is 36.7 Å². The summed E-state index contributed by atoms with van der Waals surface area (Å²) >= 11 is 7.38. The van der Waals surface area contributed by atoms with Crippen LogP contribution in [0.2, 0.25) is 5.02 Å². The third-order valence-electron chi connectivity index (χ3n) is 5.67. The van der Waals surface area contributed by atoms with Crippen LogP contribution in [0.5, 0.6) is 0 Å². The number of aromatic nitrogens is 2. The van der Waals surface area contributed by atoms with Gasteiger partial charge in [-0.25, -0.2) is 4.39 Å². The normalized spacial score (nSPS) is 27.8. The van der Waals surface area contributed by atoms with Crippen molar-refractivity contribution in [3.63, 3.8) is 0 Å². The number of hydrogen-bond acceptors (Lipinski definition) is 5. The van der Waals surface area contributed by atoms with E-state index in [0.29, 0.717) is 5.69 Å². The molecule has 2 unspecified atom stereocenters. The van der Waals surface area contributed by atoms with Gasteiger partial charge in [-0.15, -0.1) is 11.8 Å². The predicted molar refractivity (Wildman–Crippen MR) is 124 cm³/mol. The summed E-state index contributed by atoms with van der Waals surface area (Å²) in [5, 5.41) is 6.65. The maximum atomic E-state index is 13.4. The fourth-order valence-electron chi connectivity index (χ4n) is 3.94. The van der Waals surface area contributed by atoms with E-state index in [9.17, 15) is 17.6 Å². The molecule has 1 saturated heterocycles. The first-order valence-corrected chi connectivity index (χ1v) is 12.6. The van der Waals surface area contributed by atoms with E-state index in [4.69, 9.17) is 11.6 Å². The minimum absolute atomic E-state index is 0.0794. The second-order valence-electron chi connectivity index (χ2n) is 7.99. The van der Waals surface area contributed by atoms with Gasteiger partial charge in [0.1, 0.15) is 11.9 Å². The SMILES string of the molecule is CC1C=C(c2cnn(C)c2)SC1[C@H]1C[C@@H](C(=O)Nc2ccc(F)c(Cl)c2)N(C)S(=O)(=O)N1. The molecule has 4 rings (SSSR count). The van der Waals surface area contributed by atoms with Crippen LogP contribution in [0.1, 0.15) is 18.9 Å². The molecular weight excluding hydrogens is 477 g/mol. The average Bonchev–Trinajstić information content (AvgIpc) is 3.32. The molecule has 1 aromatic carbocycles. The van der Waals surface area contributed by atoms with Crippen LogP contribution in [0, 0.1) is 11.7 Å². The van der Waals surface area contributed by atoms with Crippen molar-refractivity contribution in [3.8, 4) is 0 Å². The molecule has 2 N–H and O–H groups in total. The number of rotatable bonds is 4. The number of aryl methyl sites for hydroxylation is 1. The van der Waals surface area contributed by atoms with Crippen LogP contribution < -0.4 is 10.0 Å². The summed E-state index contributed by atoms with van der Waals surface area (Å²) in [6.07, 6.45) is 6.08. The zero-order valence-corrected chi connectivity index (χ0v) is 20.0. The fraction of sp³-hybridized carbons (Fsp3) is 0.400. The highest BCUT2D eigenvalue weighted by Crippen LogP contribution is 2.45. The Balaban J connectivity index is 1.52. The van der Waals surface area contributed by atoms with E-state index in [1.165, 1.54) is 19.2 Å². The van der Waals surface area contributed by atoms with Crippen LogP contribution in [0.4, 0.5) is 10.1 Å². The smallest absolute Gasteiger partial charge is 0.280 e. The lowest BCUT2D eigenvalue weighted by molar-refractivity contribution is -0.120. The quantitative estimate of drug-likeness (QED) is 0.674. The van der Waals surface area contributed by atoms with Crippen molar-refractivity contribution in [2.24, 2.45) is 13.0 Å². The average molecular weight is 500 g/mol. The molecule has 1 amide bonds. The van der Waals surface area contributed by atoms with Crippen molar-refractivity contribution >= 4 is 50.1 Å². The second kappa shape index (κ2) is 8.79. The van der Waals surface area contributed by atoms with Gasteiger partial charge in [0.25, 0.3) is 10.2 Å². The fourth-order valence-corrected chi connectivity index (χ4v) is 6.98. The standard InChI is InChI=1S/C20H23ClFN5O3S2/c1-11-6-18(12-9-23-26(2)10-12)31-19(11)16-8-17(27(3)32(29,30)25-16)20(28)24-13-4-5-15(22)14(21)7-13/h4-7,9-11,16-17,19,25H,8H2,1-3H3,(H,24,28)/t11?,16-,17+,19?/m1/s1. The van der Waals surface area contributed by atoms with Crippen LogP contribution in [-0.2, 0) is 22.1 Å². The molecule has 12 heteroatoms. The second-order valence-corrected chi connectivity index (χ2v) is 11.4. The number of allylic oxidation sites excluding steroid dienone is 1. The molecule has 0 aliphatic carbocycles. The zero-order valence-electron chi connectivity index (χ0n) is 17.6. The van der Waals surface area contributed by atoms with Crippen molar-refractivity contribution in [1.82, 2.24) is 18.8 Å². The number of halogens is 2. The van der Waals surface area contributed by atoms with Gasteiger partial charge in [-0.2, -0.15) is 22.5 Å². The molecule has 172 valence electrons. The van der Waals surface area contributed by atoms with Gasteiger partial charge in [0, 0.05) is 47.7 Å². The van der Waals surface area contributed by atoms with Gasteiger partial charge in [0.05, 0.1) is 11.2 Å². The van der Waals surface area contributed by atoms with E-state index in [1.807, 2.05) is 20.2 Å². The lowest BCUT2D eigenvalue weighted by atomic mass is 9.95. The van der Waals surface area contributed by atoms with Crippen LogP contribution in [0.25, 0.3) is 4.91 Å². The Bertz CT molecular complexity index is 1190. The van der Waals surface area contributed by atoms with Crippen molar-refractivity contribution in [3.05, 3.63) is 53.1 Å². The third-order valence-corrected chi connectivity index (χ3v) is 9.23. The first-order valence-electron chi connectivity index (χ1n) is 9.94. The zero-order chi connectivity index (χ0) is 23.2. The highest BCUT2D eigenvalue weighted by molar-refractivity contribution is 8.09. The molecule has 8 nitrogen and oxygen atoms in total. The lowest BCUT2D eigenvalue weighted by Crippen LogP contribution is -2.61. The Morgan fingerprint density at radius 2 is 2.12 bits per heavy atom. The van der Waals surface area contributed by atoms with Crippen molar-refractivity contribution in [2.75, 3.05) is 12.4 Å². The Hall–Kier alpha value is -1.92. The Kier molecular flexibility index (Phi) is 6.38. The Morgan fingerprint density at radius 1 is 1.38 bits per heavy atom. The van der Waals surface area contributed by atoms with E-state index in [-0.39, 0.29) is 22.6 Å². The number of hydrogen-bond donors (Lipinski definition) is 2. The predicted octanol–water partition coefficient (Wildman–Crippen LogP) is 2.85. The van der Waals surface area contributed by atoms with Crippen molar-refractivity contribution < 1.29 is 17.6 Å². The van der Waals surface area contributed by atoms with Gasteiger partial charge in [0.15, 0.2) is 0 Å². The van der Waals surface area contributed by atoms with Crippen molar-refractivity contribution in [1.29, 1.82) is 0 Å². The van der Waals surface area contributed by atoms with Gasteiger partial charge in [-0.1, -0.05) is 24.6 Å². The number of likely N-dealkylation sites (N-methyl/N-ethyl adjacent to an activating group) is 1. The monoisotopic (exact) mass is 499 g/mol. The summed E-state index contributed by atoms with van der Waals surface area (Å²) in [6.45, 7) is 2.03. The molecule has 2 aromatic rings. The number of carbonyl (C=O) groups is 1. The first-order chi connectivity index (χ1) is 15.0. The Labute approximate surface area is 195 Å². The summed E-state index contributed by atoms with van der Waals surface area (Å²) in [4.78, 5) is 14.0. The molecule has 1 fully saturated rings. The highest BCUT2D eigenvalue weighted by Gasteiger charge is 2.45. The van der Waals surface area contributed by atoms with E-state index in [2.05, 4.69) is 21.2 Å². The highest BCUT2D eigenvalue weighted by atomic mass is 35.5. The molecule has 0 spiro atoms. The minimum Gasteiger partial charge on any atom is -0.325 e. The van der Waals surface area contributed by atoms with Crippen LogP contribution in [-0.4, -0.2) is 52.8 Å². The molecule has 4 atom stereocenters. The first kappa shape index (κ1) is 23.2. The van der Waals surface area contributed by atoms with Crippen LogP contribution in [0.3, 0.4) is 0 Å². The van der Waals surface area contributed by atoms with Crippen LogP contribution >= 0.6 is 23.4 Å². The largest absolute Gasteiger partial charge is 0.325 e. The summed E-state index contributed by atoms with van der Waals surface area (Å²) in [6, 6.07) is 2.44. The molecule has 1 aromatic heterocycles. The van der Waals surface area contributed by atoms with E-state index in [1.54, 1.807) is 22.6 Å². The number of carbonyl (C=O) groups excluding carboxylic acids is 1.